The Labute approximate surface area is 168 Å². The van der Waals surface area contributed by atoms with Crippen molar-refractivity contribution in [1.29, 1.82) is 0 Å². The average Bonchev–Trinajstić information content (AvgIpc) is 2.64. The molecule has 0 saturated carbocycles. The lowest BCUT2D eigenvalue weighted by molar-refractivity contribution is -0.137. The number of unbranched alkanes of at least 4 members (excludes halogenated alkanes) is 14. The predicted molar refractivity (Wildman–Crippen MR) is 116 cm³/mol. The number of hydrogen-bond acceptors (Lipinski definition) is 2. The summed E-state index contributed by atoms with van der Waals surface area (Å²) in [5, 5.41) is 18.6. The fourth-order valence-electron chi connectivity index (χ4n) is 3.43. The zero-order chi connectivity index (χ0) is 20.0. The van der Waals surface area contributed by atoms with Crippen LogP contribution in [0.1, 0.15) is 129 Å². The highest BCUT2D eigenvalue weighted by molar-refractivity contribution is 5.66. The van der Waals surface area contributed by atoms with Crippen LogP contribution in [-0.4, -0.2) is 22.3 Å². The highest BCUT2D eigenvalue weighted by Crippen LogP contribution is 2.13. The van der Waals surface area contributed by atoms with E-state index >= 15 is 0 Å². The number of aliphatic hydroxyl groups is 1. The van der Waals surface area contributed by atoms with E-state index in [9.17, 15) is 9.90 Å². The second kappa shape index (κ2) is 21.5. The van der Waals surface area contributed by atoms with E-state index in [0.717, 1.165) is 44.9 Å². The van der Waals surface area contributed by atoms with Crippen molar-refractivity contribution < 1.29 is 15.0 Å². The van der Waals surface area contributed by atoms with Crippen LogP contribution in [0, 0.1) is 0 Å². The van der Waals surface area contributed by atoms with Crippen LogP contribution in [0.5, 0.6) is 0 Å². The van der Waals surface area contributed by atoms with E-state index in [1.165, 1.54) is 70.6 Å². The molecule has 0 heterocycles. The Balaban J connectivity index is 3.24. The summed E-state index contributed by atoms with van der Waals surface area (Å²) in [7, 11) is 0. The number of carbonyl (C=O) groups is 1. The summed E-state index contributed by atoms with van der Waals surface area (Å²) in [5.74, 6) is -0.675. The molecule has 0 amide bonds. The van der Waals surface area contributed by atoms with E-state index in [1.807, 2.05) is 0 Å². The molecule has 0 aliphatic heterocycles. The van der Waals surface area contributed by atoms with Crippen molar-refractivity contribution in [2.24, 2.45) is 0 Å². The summed E-state index contributed by atoms with van der Waals surface area (Å²) in [6.07, 6.45) is 25.9. The Hall–Kier alpha value is -0.830. The summed E-state index contributed by atoms with van der Waals surface area (Å²) < 4.78 is 0. The quantitative estimate of drug-likeness (QED) is 0.160. The minimum atomic E-state index is -0.675. The number of carboxylic acid groups (broad SMARTS) is 1. The first-order valence-corrected chi connectivity index (χ1v) is 11.7. The number of carboxylic acids is 1. The van der Waals surface area contributed by atoms with Crippen molar-refractivity contribution in [3.63, 3.8) is 0 Å². The van der Waals surface area contributed by atoms with E-state index in [4.69, 9.17) is 5.11 Å². The van der Waals surface area contributed by atoms with E-state index in [1.54, 1.807) is 0 Å². The van der Waals surface area contributed by atoms with Gasteiger partial charge in [0.2, 0.25) is 0 Å². The van der Waals surface area contributed by atoms with Crippen LogP contribution in [0.3, 0.4) is 0 Å². The molecule has 0 aromatic rings. The fraction of sp³-hybridized carbons (Fsp3) is 0.875. The highest BCUT2D eigenvalue weighted by atomic mass is 16.4. The maximum atomic E-state index is 10.4. The molecule has 0 radical (unpaired) electrons. The lowest BCUT2D eigenvalue weighted by Gasteiger charge is -2.07. The third-order valence-corrected chi connectivity index (χ3v) is 5.23. The normalized spacial score (nSPS) is 12.7. The summed E-state index contributed by atoms with van der Waals surface area (Å²) in [4.78, 5) is 10.4. The number of hydrogen-bond donors (Lipinski definition) is 2. The van der Waals surface area contributed by atoms with Crippen LogP contribution in [0.4, 0.5) is 0 Å². The molecule has 0 bridgehead atoms. The van der Waals surface area contributed by atoms with Crippen molar-refractivity contribution in [2.45, 2.75) is 135 Å². The van der Waals surface area contributed by atoms with E-state index in [-0.39, 0.29) is 6.10 Å². The van der Waals surface area contributed by atoms with Crippen LogP contribution in [0.15, 0.2) is 12.2 Å². The average molecular weight is 383 g/mol. The van der Waals surface area contributed by atoms with E-state index in [0.29, 0.717) is 6.42 Å². The fourth-order valence-corrected chi connectivity index (χ4v) is 3.43. The third kappa shape index (κ3) is 23.1. The first-order valence-electron chi connectivity index (χ1n) is 11.7. The van der Waals surface area contributed by atoms with Gasteiger partial charge >= 0.3 is 5.97 Å². The van der Waals surface area contributed by atoms with Gasteiger partial charge in [0.25, 0.3) is 0 Å². The minimum absolute atomic E-state index is 0.167. The minimum Gasteiger partial charge on any atom is -0.481 e. The van der Waals surface area contributed by atoms with Gasteiger partial charge in [-0.05, 0) is 32.1 Å². The number of aliphatic carboxylic acids is 1. The van der Waals surface area contributed by atoms with Gasteiger partial charge < -0.3 is 10.2 Å². The van der Waals surface area contributed by atoms with Gasteiger partial charge in [0.15, 0.2) is 0 Å². The van der Waals surface area contributed by atoms with Crippen LogP contribution < -0.4 is 0 Å². The molecule has 1 unspecified atom stereocenters. The van der Waals surface area contributed by atoms with Gasteiger partial charge in [-0.15, -0.1) is 0 Å². The molecule has 27 heavy (non-hydrogen) atoms. The molecule has 3 nitrogen and oxygen atoms in total. The second-order valence-corrected chi connectivity index (χ2v) is 8.03. The Kier molecular flexibility index (Phi) is 20.8. The maximum Gasteiger partial charge on any atom is 0.303 e. The largest absolute Gasteiger partial charge is 0.481 e. The van der Waals surface area contributed by atoms with Gasteiger partial charge in [-0.3, -0.25) is 4.79 Å². The van der Waals surface area contributed by atoms with Gasteiger partial charge in [0.1, 0.15) is 0 Å². The van der Waals surface area contributed by atoms with Gasteiger partial charge in [0.05, 0.1) is 6.10 Å². The Bertz CT molecular complexity index is 339. The van der Waals surface area contributed by atoms with E-state index < -0.39 is 5.97 Å². The zero-order valence-electron chi connectivity index (χ0n) is 18.0. The topological polar surface area (TPSA) is 57.5 Å². The van der Waals surface area contributed by atoms with Crippen LogP contribution in [0.2, 0.25) is 0 Å². The molecule has 0 fully saturated rings. The Morgan fingerprint density at radius 1 is 0.741 bits per heavy atom. The molecule has 0 rings (SSSR count). The van der Waals surface area contributed by atoms with Crippen molar-refractivity contribution in [3.8, 4) is 0 Å². The van der Waals surface area contributed by atoms with E-state index in [2.05, 4.69) is 19.1 Å². The highest BCUT2D eigenvalue weighted by Gasteiger charge is 2.01. The van der Waals surface area contributed by atoms with Gasteiger partial charge in [0, 0.05) is 6.42 Å². The molecular formula is C24H46O3. The summed E-state index contributed by atoms with van der Waals surface area (Å²) in [6.45, 7) is 2.25. The molecule has 160 valence electrons. The standard InChI is InChI=1S/C24H46O3/c1-2-3-4-5-6-8-11-14-17-20-23(25)21-18-15-12-9-7-10-13-16-19-22-24(26)27/h14,17,23,25H,2-13,15-16,18-22H2,1H3,(H,26,27)/b17-14-. The third-order valence-electron chi connectivity index (χ3n) is 5.23. The SMILES string of the molecule is CCCCCCCC/C=C\CC(O)CCCCCCCCCCCC(=O)O. The predicted octanol–water partition coefficient (Wildman–Crippen LogP) is 7.42. The Morgan fingerprint density at radius 2 is 1.26 bits per heavy atom. The summed E-state index contributed by atoms with van der Waals surface area (Å²) >= 11 is 0. The first kappa shape index (κ1) is 26.2. The number of allylic oxidation sites excluding steroid dienone is 1. The smallest absolute Gasteiger partial charge is 0.303 e. The molecular weight excluding hydrogens is 336 g/mol. The molecule has 0 aromatic heterocycles. The molecule has 2 N–H and O–H groups in total. The number of aliphatic hydroxyl groups excluding tert-OH is 1. The monoisotopic (exact) mass is 382 g/mol. The number of rotatable bonds is 21. The second-order valence-electron chi connectivity index (χ2n) is 8.03. The van der Waals surface area contributed by atoms with Gasteiger partial charge in [-0.1, -0.05) is 103 Å². The van der Waals surface area contributed by atoms with Crippen molar-refractivity contribution in [1.82, 2.24) is 0 Å². The van der Waals surface area contributed by atoms with Gasteiger partial charge in [-0.25, -0.2) is 0 Å². The van der Waals surface area contributed by atoms with Crippen molar-refractivity contribution in [2.75, 3.05) is 0 Å². The van der Waals surface area contributed by atoms with Crippen LogP contribution >= 0.6 is 0 Å². The Morgan fingerprint density at radius 3 is 1.85 bits per heavy atom. The lowest BCUT2D eigenvalue weighted by atomic mass is 10.0. The summed E-state index contributed by atoms with van der Waals surface area (Å²) in [6, 6.07) is 0. The van der Waals surface area contributed by atoms with Crippen LogP contribution in [0.25, 0.3) is 0 Å². The lowest BCUT2D eigenvalue weighted by Crippen LogP contribution is -2.04. The zero-order valence-corrected chi connectivity index (χ0v) is 18.0. The van der Waals surface area contributed by atoms with Gasteiger partial charge in [-0.2, -0.15) is 0 Å². The molecule has 0 aliphatic rings. The molecule has 0 saturated heterocycles. The maximum absolute atomic E-state index is 10.4. The molecule has 3 heteroatoms. The first-order chi connectivity index (χ1) is 13.2. The molecule has 0 spiro atoms. The van der Waals surface area contributed by atoms with Crippen molar-refractivity contribution >= 4 is 5.97 Å². The molecule has 0 aliphatic carbocycles. The summed E-state index contributed by atoms with van der Waals surface area (Å²) in [5.41, 5.74) is 0. The molecule has 0 aromatic carbocycles. The van der Waals surface area contributed by atoms with Crippen LogP contribution in [-0.2, 0) is 4.79 Å². The molecule has 1 atom stereocenters. The van der Waals surface area contributed by atoms with Crippen molar-refractivity contribution in [3.05, 3.63) is 12.2 Å².